The molecule has 7 heteroatoms. The fourth-order valence-electron chi connectivity index (χ4n) is 3.64. The van der Waals surface area contributed by atoms with Crippen LogP contribution < -0.4 is 0 Å². The number of carboxylic acid groups (broad SMARTS) is 1. The number of piperidine rings is 1. The third-order valence-electron chi connectivity index (χ3n) is 4.66. The van der Waals surface area contributed by atoms with Gasteiger partial charge in [-0.15, -0.1) is 11.3 Å². The molecule has 2 aliphatic rings. The molecule has 2 atom stereocenters. The Morgan fingerprint density at radius 2 is 2.41 bits per heavy atom. The first-order valence-electron chi connectivity index (χ1n) is 7.41. The molecule has 0 bridgehead atoms. The summed E-state index contributed by atoms with van der Waals surface area (Å²) in [6.45, 7) is 3.59. The predicted octanol–water partition coefficient (Wildman–Crippen LogP) is 3.48. The van der Waals surface area contributed by atoms with Gasteiger partial charge in [0.25, 0.3) is 0 Å². The number of hydrogen-bond acceptors (Lipinski definition) is 4. The Labute approximate surface area is 138 Å². The van der Waals surface area contributed by atoms with Crippen LogP contribution in [0, 0.1) is 0 Å². The molecule has 0 aromatic carbocycles. The number of halogens is 1. The van der Waals surface area contributed by atoms with Crippen molar-refractivity contribution in [2.75, 3.05) is 20.3 Å². The number of amides is 1. The summed E-state index contributed by atoms with van der Waals surface area (Å²) in [5.41, 5.74) is 1.93. The molecule has 1 spiro atoms. The van der Waals surface area contributed by atoms with Crippen molar-refractivity contribution >= 4 is 29.0 Å². The van der Waals surface area contributed by atoms with Crippen molar-refractivity contribution < 1.29 is 19.4 Å². The SMILES string of the molecule is COCc1c(Cl)sc2c1CCO[C@@]21CCN(C(=O)O)[C@@H](C)C1. The van der Waals surface area contributed by atoms with Gasteiger partial charge >= 0.3 is 6.09 Å². The Morgan fingerprint density at radius 3 is 3.05 bits per heavy atom. The molecule has 3 heterocycles. The van der Waals surface area contributed by atoms with Crippen molar-refractivity contribution in [3.05, 3.63) is 20.3 Å². The third-order valence-corrected chi connectivity index (χ3v) is 6.37. The quantitative estimate of drug-likeness (QED) is 0.891. The zero-order valence-electron chi connectivity index (χ0n) is 12.7. The first-order valence-corrected chi connectivity index (χ1v) is 8.61. The van der Waals surface area contributed by atoms with Gasteiger partial charge in [-0.25, -0.2) is 4.79 Å². The molecule has 1 aromatic rings. The number of ether oxygens (including phenoxy) is 2. The normalized spacial score (nSPS) is 28.0. The van der Waals surface area contributed by atoms with E-state index in [9.17, 15) is 9.90 Å². The molecule has 2 aliphatic heterocycles. The minimum absolute atomic E-state index is 0.0658. The van der Waals surface area contributed by atoms with Crippen molar-refractivity contribution in [1.82, 2.24) is 4.90 Å². The number of nitrogens with zero attached hydrogens (tertiary/aromatic N) is 1. The molecule has 3 rings (SSSR count). The molecule has 0 saturated carbocycles. The summed E-state index contributed by atoms with van der Waals surface area (Å²) in [4.78, 5) is 13.9. The van der Waals surface area contributed by atoms with E-state index in [1.54, 1.807) is 18.4 Å². The number of hydrogen-bond donors (Lipinski definition) is 1. The number of carbonyl (C=O) groups is 1. The Kier molecular flexibility index (Phi) is 4.38. The van der Waals surface area contributed by atoms with Crippen molar-refractivity contribution in [2.45, 2.75) is 44.4 Å². The predicted molar refractivity (Wildman–Crippen MR) is 84.8 cm³/mol. The van der Waals surface area contributed by atoms with Gasteiger partial charge in [0.05, 0.1) is 17.6 Å². The van der Waals surface area contributed by atoms with Crippen LogP contribution in [0.2, 0.25) is 4.34 Å². The van der Waals surface area contributed by atoms with E-state index in [1.165, 1.54) is 15.3 Å². The van der Waals surface area contributed by atoms with E-state index in [-0.39, 0.29) is 11.6 Å². The van der Waals surface area contributed by atoms with Gasteiger partial charge in [0.15, 0.2) is 0 Å². The number of methoxy groups -OCH3 is 1. The fourth-order valence-corrected chi connectivity index (χ4v) is 5.30. The van der Waals surface area contributed by atoms with E-state index >= 15 is 0 Å². The van der Waals surface area contributed by atoms with E-state index in [0.717, 1.165) is 16.3 Å². The molecule has 5 nitrogen and oxygen atoms in total. The topological polar surface area (TPSA) is 59.0 Å². The first kappa shape index (κ1) is 16.1. The van der Waals surface area contributed by atoms with Crippen LogP contribution in [0.3, 0.4) is 0 Å². The molecule has 1 aromatic heterocycles. The van der Waals surface area contributed by atoms with Crippen molar-refractivity contribution in [2.24, 2.45) is 0 Å². The van der Waals surface area contributed by atoms with Gasteiger partial charge < -0.3 is 19.5 Å². The standard InChI is InChI=1S/C15H20ClNO4S/c1-9-7-15(4-5-17(9)14(18)19)12-10(3-6-21-15)11(8-20-2)13(16)22-12/h9H,3-8H2,1-2H3,(H,18,19)/t9-,15+/m0/s1. The van der Waals surface area contributed by atoms with Crippen molar-refractivity contribution in [3.63, 3.8) is 0 Å². The molecule has 1 fully saturated rings. The van der Waals surface area contributed by atoms with Gasteiger partial charge in [0.1, 0.15) is 5.60 Å². The lowest BCUT2D eigenvalue weighted by molar-refractivity contribution is -0.104. The van der Waals surface area contributed by atoms with Gasteiger partial charge in [-0.1, -0.05) is 11.6 Å². The maximum absolute atomic E-state index is 11.3. The van der Waals surface area contributed by atoms with Gasteiger partial charge in [-0.2, -0.15) is 0 Å². The second-order valence-corrected chi connectivity index (χ2v) is 7.59. The van der Waals surface area contributed by atoms with Gasteiger partial charge in [0, 0.05) is 36.6 Å². The molecular weight excluding hydrogens is 326 g/mol. The smallest absolute Gasteiger partial charge is 0.407 e. The zero-order valence-corrected chi connectivity index (χ0v) is 14.3. The summed E-state index contributed by atoms with van der Waals surface area (Å²) in [5.74, 6) is 0. The van der Waals surface area contributed by atoms with Gasteiger partial charge in [-0.3, -0.25) is 0 Å². The van der Waals surface area contributed by atoms with Crippen LogP contribution in [0.5, 0.6) is 0 Å². The highest BCUT2D eigenvalue weighted by Gasteiger charge is 2.46. The zero-order chi connectivity index (χ0) is 15.9. The summed E-state index contributed by atoms with van der Waals surface area (Å²) in [7, 11) is 1.67. The average Bonchev–Trinajstić information content (AvgIpc) is 2.78. The highest BCUT2D eigenvalue weighted by molar-refractivity contribution is 7.16. The summed E-state index contributed by atoms with van der Waals surface area (Å²) in [5, 5.41) is 9.26. The van der Waals surface area contributed by atoms with E-state index in [0.29, 0.717) is 32.6 Å². The second kappa shape index (κ2) is 6.00. The van der Waals surface area contributed by atoms with Crippen LogP contribution in [0.15, 0.2) is 0 Å². The number of thiophene rings is 1. The Morgan fingerprint density at radius 1 is 1.64 bits per heavy atom. The first-order chi connectivity index (χ1) is 10.5. The molecule has 122 valence electrons. The van der Waals surface area contributed by atoms with E-state index < -0.39 is 6.09 Å². The lowest BCUT2D eigenvalue weighted by Gasteiger charge is -2.46. The molecule has 1 N–H and O–H groups in total. The molecular formula is C15H20ClNO4S. The van der Waals surface area contributed by atoms with Gasteiger partial charge in [-0.05, 0) is 25.3 Å². The average molecular weight is 346 g/mol. The lowest BCUT2D eigenvalue weighted by Crippen LogP contribution is -2.51. The molecule has 1 saturated heterocycles. The Balaban J connectivity index is 1.95. The lowest BCUT2D eigenvalue weighted by atomic mass is 9.81. The summed E-state index contributed by atoms with van der Waals surface area (Å²) in [6, 6.07) is -0.0658. The highest BCUT2D eigenvalue weighted by Crippen LogP contribution is 2.49. The molecule has 22 heavy (non-hydrogen) atoms. The Bertz CT molecular complexity index is 590. The van der Waals surface area contributed by atoms with Crippen LogP contribution in [-0.4, -0.2) is 42.4 Å². The van der Waals surface area contributed by atoms with Crippen LogP contribution >= 0.6 is 22.9 Å². The number of likely N-dealkylation sites (tertiary alicyclic amines) is 1. The van der Waals surface area contributed by atoms with Crippen LogP contribution in [0.1, 0.15) is 35.8 Å². The van der Waals surface area contributed by atoms with Gasteiger partial charge in [0.2, 0.25) is 0 Å². The molecule has 0 radical (unpaired) electrons. The maximum Gasteiger partial charge on any atom is 0.407 e. The fraction of sp³-hybridized carbons (Fsp3) is 0.667. The molecule has 0 aliphatic carbocycles. The van der Waals surface area contributed by atoms with Crippen LogP contribution in [0.25, 0.3) is 0 Å². The van der Waals surface area contributed by atoms with Crippen molar-refractivity contribution in [3.8, 4) is 0 Å². The summed E-state index contributed by atoms with van der Waals surface area (Å²) in [6.07, 6.45) is 1.34. The number of rotatable bonds is 2. The minimum atomic E-state index is -0.859. The maximum atomic E-state index is 11.3. The third kappa shape index (κ3) is 2.52. The van der Waals surface area contributed by atoms with Crippen LogP contribution in [-0.2, 0) is 28.1 Å². The minimum Gasteiger partial charge on any atom is -0.465 e. The molecule has 1 amide bonds. The summed E-state index contributed by atoms with van der Waals surface area (Å²) < 4.78 is 12.2. The second-order valence-electron chi connectivity index (χ2n) is 5.97. The Hall–Kier alpha value is -0.820. The van der Waals surface area contributed by atoms with E-state index in [1.807, 2.05) is 6.92 Å². The molecule has 0 unspecified atom stereocenters. The highest BCUT2D eigenvalue weighted by atomic mass is 35.5. The van der Waals surface area contributed by atoms with Crippen LogP contribution in [0.4, 0.5) is 4.79 Å². The van der Waals surface area contributed by atoms with E-state index in [2.05, 4.69) is 0 Å². The monoisotopic (exact) mass is 345 g/mol. The largest absolute Gasteiger partial charge is 0.465 e. The van der Waals surface area contributed by atoms with Crippen molar-refractivity contribution in [1.29, 1.82) is 0 Å². The van der Waals surface area contributed by atoms with E-state index in [4.69, 9.17) is 21.1 Å². The summed E-state index contributed by atoms with van der Waals surface area (Å²) >= 11 is 7.98. The number of fused-ring (bicyclic) bond motifs is 2.